The SMILES string of the molecule is N#Cc1ccc(NC(=O)C(O)(CS(=O)(=O)C2CCCC2)c2ccc(C(F)(F)F)cc2)cc1Cl. The third-order valence-corrected chi connectivity index (χ3v) is 8.25. The molecule has 1 amide bonds. The molecule has 11 heteroatoms. The Morgan fingerprint density at radius 2 is 1.70 bits per heavy atom. The fourth-order valence-corrected chi connectivity index (χ4v) is 6.18. The van der Waals surface area contributed by atoms with Crippen LogP contribution in [0.15, 0.2) is 42.5 Å². The molecule has 1 fully saturated rings. The number of hydrogen-bond acceptors (Lipinski definition) is 5. The molecular formula is C22H20ClF3N2O4S. The van der Waals surface area contributed by atoms with Crippen LogP contribution < -0.4 is 5.32 Å². The number of benzene rings is 2. The Labute approximate surface area is 193 Å². The van der Waals surface area contributed by atoms with Crippen LogP contribution in [0.1, 0.15) is 42.4 Å². The minimum absolute atomic E-state index is 0.0203. The first-order valence-corrected chi connectivity index (χ1v) is 12.1. The zero-order chi connectivity index (χ0) is 24.4. The molecule has 0 bridgehead atoms. The molecule has 0 aliphatic heterocycles. The molecule has 2 aromatic rings. The summed E-state index contributed by atoms with van der Waals surface area (Å²) in [5.74, 6) is -2.14. The first-order chi connectivity index (χ1) is 15.4. The fourth-order valence-electron chi connectivity index (χ4n) is 3.79. The normalized spacial score (nSPS) is 16.7. The van der Waals surface area contributed by atoms with E-state index in [0.29, 0.717) is 37.8 Å². The number of nitrogens with zero attached hydrogens (tertiary/aromatic N) is 1. The van der Waals surface area contributed by atoms with E-state index < -0.39 is 44.1 Å². The largest absolute Gasteiger partial charge is 0.416 e. The van der Waals surface area contributed by atoms with E-state index >= 15 is 0 Å². The van der Waals surface area contributed by atoms with Crippen LogP contribution in [0.5, 0.6) is 0 Å². The summed E-state index contributed by atoms with van der Waals surface area (Å²) in [5.41, 5.74) is -3.75. The first-order valence-electron chi connectivity index (χ1n) is 9.99. The number of amides is 1. The van der Waals surface area contributed by atoms with Crippen LogP contribution in [-0.4, -0.2) is 30.4 Å². The number of halogens is 4. The quantitative estimate of drug-likeness (QED) is 0.610. The number of aliphatic hydroxyl groups is 1. The van der Waals surface area contributed by atoms with Crippen LogP contribution in [0.25, 0.3) is 0 Å². The number of sulfone groups is 1. The van der Waals surface area contributed by atoms with Gasteiger partial charge in [-0.1, -0.05) is 36.6 Å². The standard InChI is InChI=1S/C22H20ClF3N2O4S/c23-19-11-17(10-5-14(19)12-27)28-20(29)21(30,13-33(31,32)18-3-1-2-4-18)15-6-8-16(9-7-15)22(24,25)26/h5-11,18,30H,1-4,13H2,(H,28,29). The maximum Gasteiger partial charge on any atom is 0.416 e. The van der Waals surface area contributed by atoms with Gasteiger partial charge < -0.3 is 10.4 Å². The van der Waals surface area contributed by atoms with Crippen LogP contribution in [-0.2, 0) is 26.4 Å². The maximum atomic E-state index is 13.1. The molecule has 6 nitrogen and oxygen atoms in total. The van der Waals surface area contributed by atoms with Crippen molar-refractivity contribution in [3.63, 3.8) is 0 Å². The lowest BCUT2D eigenvalue weighted by Crippen LogP contribution is -2.47. The van der Waals surface area contributed by atoms with E-state index in [4.69, 9.17) is 16.9 Å². The monoisotopic (exact) mass is 500 g/mol. The van der Waals surface area contributed by atoms with Crippen molar-refractivity contribution in [2.24, 2.45) is 0 Å². The molecule has 176 valence electrons. The highest BCUT2D eigenvalue weighted by Gasteiger charge is 2.45. The predicted octanol–water partition coefficient (Wildman–Crippen LogP) is 4.41. The number of alkyl halides is 3. The number of carbonyl (C=O) groups is 1. The van der Waals surface area contributed by atoms with Crippen molar-refractivity contribution in [2.75, 3.05) is 11.1 Å². The molecule has 1 aliphatic rings. The second-order valence-electron chi connectivity index (χ2n) is 7.91. The summed E-state index contributed by atoms with van der Waals surface area (Å²) in [6.45, 7) is 0. The van der Waals surface area contributed by atoms with Gasteiger partial charge in [-0.05, 0) is 48.7 Å². The van der Waals surface area contributed by atoms with E-state index in [1.165, 1.54) is 18.2 Å². The molecular weight excluding hydrogens is 481 g/mol. The molecule has 0 radical (unpaired) electrons. The topological polar surface area (TPSA) is 107 Å². The van der Waals surface area contributed by atoms with Gasteiger partial charge in [0.2, 0.25) is 0 Å². The zero-order valence-electron chi connectivity index (χ0n) is 17.2. The molecule has 33 heavy (non-hydrogen) atoms. The van der Waals surface area contributed by atoms with Gasteiger partial charge in [-0.2, -0.15) is 18.4 Å². The number of carbonyl (C=O) groups excluding carboxylic acids is 1. The molecule has 3 rings (SSSR count). The minimum atomic E-state index is -4.64. The Balaban J connectivity index is 1.99. The van der Waals surface area contributed by atoms with Crippen LogP contribution >= 0.6 is 11.6 Å². The van der Waals surface area contributed by atoms with Crippen LogP contribution in [0.3, 0.4) is 0 Å². The Hall–Kier alpha value is -2.61. The van der Waals surface area contributed by atoms with E-state index in [1.807, 2.05) is 6.07 Å². The second kappa shape index (κ2) is 9.33. The average molecular weight is 501 g/mol. The molecule has 1 atom stereocenters. The van der Waals surface area contributed by atoms with Gasteiger partial charge in [-0.15, -0.1) is 0 Å². The molecule has 2 aromatic carbocycles. The molecule has 2 N–H and O–H groups in total. The van der Waals surface area contributed by atoms with Gasteiger partial charge >= 0.3 is 6.18 Å². The lowest BCUT2D eigenvalue weighted by Gasteiger charge is -2.29. The third kappa shape index (κ3) is 5.49. The molecule has 1 saturated carbocycles. The van der Waals surface area contributed by atoms with E-state index in [9.17, 15) is 31.5 Å². The van der Waals surface area contributed by atoms with E-state index in [1.54, 1.807) is 0 Å². The van der Waals surface area contributed by atoms with Gasteiger partial charge in [0.15, 0.2) is 15.4 Å². The number of anilines is 1. The highest BCUT2D eigenvalue weighted by Crippen LogP contribution is 2.34. The average Bonchev–Trinajstić information content (AvgIpc) is 3.29. The van der Waals surface area contributed by atoms with Crippen molar-refractivity contribution in [3.8, 4) is 6.07 Å². The Morgan fingerprint density at radius 3 is 2.21 bits per heavy atom. The molecule has 1 unspecified atom stereocenters. The summed E-state index contributed by atoms with van der Waals surface area (Å²) in [4.78, 5) is 13.1. The van der Waals surface area contributed by atoms with Crippen molar-refractivity contribution in [1.82, 2.24) is 0 Å². The Kier molecular flexibility index (Phi) is 7.07. The van der Waals surface area contributed by atoms with Gasteiger partial charge in [0.25, 0.3) is 5.91 Å². The number of nitrogens with one attached hydrogen (secondary N) is 1. The van der Waals surface area contributed by atoms with Crippen molar-refractivity contribution in [2.45, 2.75) is 42.7 Å². The molecule has 0 aromatic heterocycles. The first kappa shape index (κ1) is 25.0. The second-order valence-corrected chi connectivity index (χ2v) is 10.6. The predicted molar refractivity (Wildman–Crippen MR) is 116 cm³/mol. The van der Waals surface area contributed by atoms with Crippen molar-refractivity contribution >= 4 is 33.0 Å². The molecule has 0 heterocycles. The smallest absolute Gasteiger partial charge is 0.374 e. The van der Waals surface area contributed by atoms with Crippen molar-refractivity contribution < 1.29 is 31.5 Å². The van der Waals surface area contributed by atoms with Crippen LogP contribution in [0.2, 0.25) is 5.02 Å². The Bertz CT molecular complexity index is 1190. The van der Waals surface area contributed by atoms with Gasteiger partial charge in [0.05, 0.1) is 27.2 Å². The lowest BCUT2D eigenvalue weighted by molar-refractivity contribution is -0.137. The highest BCUT2D eigenvalue weighted by molar-refractivity contribution is 7.92. The summed E-state index contributed by atoms with van der Waals surface area (Å²) in [6.07, 6.45) is -2.48. The summed E-state index contributed by atoms with van der Waals surface area (Å²) in [7, 11) is -3.96. The van der Waals surface area contributed by atoms with E-state index in [0.717, 1.165) is 12.1 Å². The minimum Gasteiger partial charge on any atom is -0.374 e. The van der Waals surface area contributed by atoms with Gasteiger partial charge in [0.1, 0.15) is 6.07 Å². The number of nitriles is 1. The third-order valence-electron chi connectivity index (χ3n) is 5.63. The summed E-state index contributed by atoms with van der Waals surface area (Å²) >= 11 is 5.96. The molecule has 0 spiro atoms. The van der Waals surface area contributed by atoms with E-state index in [-0.39, 0.29) is 21.8 Å². The molecule has 1 aliphatic carbocycles. The van der Waals surface area contributed by atoms with Crippen LogP contribution in [0, 0.1) is 11.3 Å². The lowest BCUT2D eigenvalue weighted by atomic mass is 9.93. The fraction of sp³-hybridized carbons (Fsp3) is 0.364. The zero-order valence-corrected chi connectivity index (χ0v) is 18.8. The summed E-state index contributed by atoms with van der Waals surface area (Å²) in [6, 6.07) is 8.88. The van der Waals surface area contributed by atoms with Crippen molar-refractivity contribution in [3.05, 3.63) is 64.2 Å². The maximum absolute atomic E-state index is 13.1. The number of hydrogen-bond donors (Lipinski definition) is 2. The summed E-state index contributed by atoms with van der Waals surface area (Å²) < 4.78 is 64.8. The van der Waals surface area contributed by atoms with Crippen molar-refractivity contribution in [1.29, 1.82) is 5.26 Å². The van der Waals surface area contributed by atoms with Gasteiger partial charge in [0, 0.05) is 5.69 Å². The number of rotatable bonds is 6. The highest BCUT2D eigenvalue weighted by atomic mass is 35.5. The Morgan fingerprint density at radius 1 is 1.12 bits per heavy atom. The summed E-state index contributed by atoms with van der Waals surface area (Å²) in [5, 5.41) is 21.9. The van der Waals surface area contributed by atoms with Gasteiger partial charge in [-0.25, -0.2) is 8.42 Å². The van der Waals surface area contributed by atoms with Gasteiger partial charge in [-0.3, -0.25) is 4.79 Å². The molecule has 0 saturated heterocycles. The van der Waals surface area contributed by atoms with E-state index in [2.05, 4.69) is 5.32 Å². The van der Waals surface area contributed by atoms with Crippen LogP contribution in [0.4, 0.5) is 18.9 Å².